The third kappa shape index (κ3) is 3.55. The molecular formula is C23H38O6. The number of carbonyl (C=O) groups is 2. The minimum absolute atomic E-state index is 0.0530. The van der Waals surface area contributed by atoms with Gasteiger partial charge in [-0.05, 0) is 39.0 Å². The lowest BCUT2D eigenvalue weighted by Gasteiger charge is -2.41. The van der Waals surface area contributed by atoms with Crippen LogP contribution in [0.1, 0.15) is 68.2 Å². The van der Waals surface area contributed by atoms with Crippen molar-refractivity contribution in [2.75, 3.05) is 13.2 Å². The first-order chi connectivity index (χ1) is 13.3. The van der Waals surface area contributed by atoms with Crippen molar-refractivity contribution >= 4 is 11.8 Å². The second-order valence-corrected chi connectivity index (χ2v) is 10.6. The van der Waals surface area contributed by atoms with E-state index in [1.807, 2.05) is 55.4 Å². The van der Waals surface area contributed by atoms with Crippen molar-refractivity contribution in [1.29, 1.82) is 0 Å². The number of fused-ring (bicyclic) bond motifs is 1. The molecule has 166 valence electrons. The average molecular weight is 411 g/mol. The quantitative estimate of drug-likeness (QED) is 0.624. The number of rotatable bonds is 6. The number of esters is 1. The van der Waals surface area contributed by atoms with E-state index in [1.54, 1.807) is 0 Å². The molecule has 2 saturated heterocycles. The van der Waals surface area contributed by atoms with E-state index in [9.17, 15) is 9.59 Å². The average Bonchev–Trinajstić information content (AvgIpc) is 3.18. The molecule has 0 aromatic carbocycles. The third-order valence-electron chi connectivity index (χ3n) is 7.81. The minimum Gasteiger partial charge on any atom is -0.457 e. The lowest BCUT2D eigenvalue weighted by molar-refractivity contribution is -0.164. The van der Waals surface area contributed by atoms with Gasteiger partial charge in [0.05, 0.1) is 25.2 Å². The number of hydrogen-bond donors (Lipinski definition) is 0. The molecule has 29 heavy (non-hydrogen) atoms. The highest BCUT2D eigenvalue weighted by Gasteiger charge is 2.62. The van der Waals surface area contributed by atoms with Crippen molar-refractivity contribution in [2.24, 2.45) is 22.7 Å². The van der Waals surface area contributed by atoms with Crippen LogP contribution in [0.2, 0.25) is 0 Å². The Hall–Kier alpha value is -0.980. The van der Waals surface area contributed by atoms with Gasteiger partial charge in [-0.1, -0.05) is 34.6 Å². The highest BCUT2D eigenvalue weighted by molar-refractivity contribution is 5.89. The summed E-state index contributed by atoms with van der Waals surface area (Å²) in [6.07, 6.45) is 0.488. The van der Waals surface area contributed by atoms with E-state index in [2.05, 4.69) is 0 Å². The molecule has 6 nitrogen and oxygen atoms in total. The van der Waals surface area contributed by atoms with Gasteiger partial charge in [-0.2, -0.15) is 0 Å². The van der Waals surface area contributed by atoms with Crippen molar-refractivity contribution in [3.8, 4) is 0 Å². The Balaban J connectivity index is 1.70. The maximum atomic E-state index is 13.2. The van der Waals surface area contributed by atoms with E-state index < -0.39 is 22.5 Å². The third-order valence-corrected chi connectivity index (χ3v) is 7.81. The summed E-state index contributed by atoms with van der Waals surface area (Å²) >= 11 is 0. The molecule has 3 aliphatic rings. The van der Waals surface area contributed by atoms with Crippen LogP contribution in [-0.2, 0) is 28.5 Å². The molecular weight excluding hydrogens is 372 g/mol. The predicted molar refractivity (Wildman–Crippen MR) is 108 cm³/mol. The summed E-state index contributed by atoms with van der Waals surface area (Å²) < 4.78 is 23.9. The Labute approximate surface area is 175 Å². The van der Waals surface area contributed by atoms with Gasteiger partial charge in [-0.25, -0.2) is 0 Å². The molecule has 0 radical (unpaired) electrons. The van der Waals surface area contributed by atoms with Crippen LogP contribution in [0.25, 0.3) is 0 Å². The summed E-state index contributed by atoms with van der Waals surface area (Å²) in [4.78, 5) is 26.1. The van der Waals surface area contributed by atoms with Crippen molar-refractivity contribution < 1.29 is 28.5 Å². The molecule has 1 saturated carbocycles. The van der Waals surface area contributed by atoms with E-state index in [0.29, 0.717) is 26.1 Å². The summed E-state index contributed by atoms with van der Waals surface area (Å²) in [5.41, 5.74) is -1.60. The monoisotopic (exact) mass is 410 g/mol. The number of Topliss-reactive ketones (excluding diaryl/α,β-unsaturated/α-hetero) is 1. The fourth-order valence-electron chi connectivity index (χ4n) is 5.53. The summed E-state index contributed by atoms with van der Waals surface area (Å²) in [5, 5.41) is 0. The van der Waals surface area contributed by atoms with Crippen LogP contribution in [0, 0.1) is 22.7 Å². The molecule has 6 atom stereocenters. The molecule has 6 heteroatoms. The van der Waals surface area contributed by atoms with E-state index in [-0.39, 0.29) is 41.9 Å². The highest BCUT2D eigenvalue weighted by Crippen LogP contribution is 2.57. The Morgan fingerprint density at radius 2 is 1.69 bits per heavy atom. The largest absolute Gasteiger partial charge is 0.457 e. The van der Waals surface area contributed by atoms with Crippen LogP contribution in [0.3, 0.4) is 0 Å². The van der Waals surface area contributed by atoms with Gasteiger partial charge < -0.3 is 18.9 Å². The fraction of sp³-hybridized carbons (Fsp3) is 0.913. The van der Waals surface area contributed by atoms with Crippen molar-refractivity contribution in [3.05, 3.63) is 0 Å². The maximum Gasteiger partial charge on any atom is 0.309 e. The van der Waals surface area contributed by atoms with Crippen molar-refractivity contribution in [1.82, 2.24) is 0 Å². The van der Waals surface area contributed by atoms with Crippen LogP contribution in [0.5, 0.6) is 0 Å². The Morgan fingerprint density at radius 3 is 2.28 bits per heavy atom. The van der Waals surface area contributed by atoms with Gasteiger partial charge in [-0.15, -0.1) is 0 Å². The van der Waals surface area contributed by atoms with Gasteiger partial charge in [0.1, 0.15) is 23.6 Å². The molecule has 0 bridgehead atoms. The summed E-state index contributed by atoms with van der Waals surface area (Å²) in [5.74, 6) is -0.388. The fourth-order valence-corrected chi connectivity index (χ4v) is 5.53. The van der Waals surface area contributed by atoms with Crippen LogP contribution in [-0.4, -0.2) is 55.0 Å². The number of ketones is 1. The zero-order chi connectivity index (χ0) is 21.8. The van der Waals surface area contributed by atoms with Gasteiger partial charge in [0, 0.05) is 11.3 Å². The van der Waals surface area contributed by atoms with Gasteiger partial charge in [0.2, 0.25) is 0 Å². The Morgan fingerprint density at radius 1 is 1.03 bits per heavy atom. The standard InChI is InChI=1S/C23H38O6/c1-13(2)18(24)22(7)10-9-15(21(22,5)6)20(25)29-16-11-27-23(8)17(28-14(3)4)12-26-19(16)23/h13-17,19H,9-12H2,1-8H3/t15-,16-,17+,19-,22+,23-/m1/s1. The number of hydrogen-bond acceptors (Lipinski definition) is 6. The van der Waals surface area contributed by atoms with E-state index in [0.717, 1.165) is 0 Å². The number of ether oxygens (including phenoxy) is 4. The van der Waals surface area contributed by atoms with Gasteiger partial charge >= 0.3 is 5.97 Å². The Kier molecular flexibility index (Phi) is 5.96. The highest BCUT2D eigenvalue weighted by atomic mass is 16.7. The van der Waals surface area contributed by atoms with Crippen molar-refractivity contribution in [2.45, 2.75) is 98.2 Å². The molecule has 0 unspecified atom stereocenters. The Bertz CT molecular complexity index is 656. The molecule has 0 aromatic rings. The summed E-state index contributed by atoms with van der Waals surface area (Å²) in [6.45, 7) is 16.6. The normalized spacial score (nSPS) is 41.2. The van der Waals surface area contributed by atoms with Gasteiger partial charge in [0.15, 0.2) is 6.10 Å². The lowest BCUT2D eigenvalue weighted by Crippen LogP contribution is -2.48. The van der Waals surface area contributed by atoms with E-state index >= 15 is 0 Å². The summed E-state index contributed by atoms with van der Waals surface area (Å²) in [7, 11) is 0. The van der Waals surface area contributed by atoms with E-state index in [4.69, 9.17) is 18.9 Å². The van der Waals surface area contributed by atoms with Crippen LogP contribution < -0.4 is 0 Å². The van der Waals surface area contributed by atoms with Crippen LogP contribution >= 0.6 is 0 Å². The van der Waals surface area contributed by atoms with Crippen molar-refractivity contribution in [3.63, 3.8) is 0 Å². The molecule has 0 aromatic heterocycles. The van der Waals surface area contributed by atoms with Crippen LogP contribution in [0.15, 0.2) is 0 Å². The lowest BCUT2D eigenvalue weighted by atomic mass is 9.62. The van der Waals surface area contributed by atoms with Crippen LogP contribution in [0.4, 0.5) is 0 Å². The first-order valence-electron chi connectivity index (χ1n) is 11.0. The maximum absolute atomic E-state index is 13.2. The molecule has 1 aliphatic carbocycles. The SMILES string of the molecule is CC(C)O[C@H]1CO[C@@H]2[C@H](OC(=O)[C@H]3CC[C@@](C)(C(=O)C(C)C)C3(C)C)CO[C@]12C. The first kappa shape index (κ1) is 22.7. The van der Waals surface area contributed by atoms with Gasteiger partial charge in [-0.3, -0.25) is 9.59 Å². The van der Waals surface area contributed by atoms with Gasteiger partial charge in [0.25, 0.3) is 0 Å². The van der Waals surface area contributed by atoms with E-state index in [1.165, 1.54) is 0 Å². The predicted octanol–water partition coefficient (Wildman–Crippen LogP) is 3.55. The molecule has 3 fully saturated rings. The first-order valence-corrected chi connectivity index (χ1v) is 11.0. The second-order valence-electron chi connectivity index (χ2n) is 10.6. The molecule has 3 rings (SSSR count). The minimum atomic E-state index is -0.609. The molecule has 0 spiro atoms. The topological polar surface area (TPSA) is 71.1 Å². The molecule has 2 aliphatic heterocycles. The zero-order valence-corrected chi connectivity index (χ0v) is 19.2. The number of carbonyl (C=O) groups excluding carboxylic acids is 2. The molecule has 0 amide bonds. The molecule has 2 heterocycles. The second kappa shape index (κ2) is 7.61. The zero-order valence-electron chi connectivity index (χ0n) is 19.2. The molecule has 0 N–H and O–H groups in total. The smallest absolute Gasteiger partial charge is 0.309 e. The summed E-state index contributed by atoms with van der Waals surface area (Å²) in [6, 6.07) is 0.